The highest BCUT2D eigenvalue weighted by molar-refractivity contribution is 7.91. The van der Waals surface area contributed by atoms with E-state index in [2.05, 4.69) is 4.72 Å². The number of fused-ring (bicyclic) bond motifs is 1. The number of benzene rings is 2. The lowest BCUT2D eigenvalue weighted by molar-refractivity contribution is -0.118. The van der Waals surface area contributed by atoms with E-state index in [0.717, 1.165) is 18.1 Å². The second kappa shape index (κ2) is 7.68. The van der Waals surface area contributed by atoms with E-state index in [9.17, 15) is 17.6 Å². The number of carbonyl (C=O) groups excluding carboxylic acids is 1. The average Bonchev–Trinajstić information content (AvgIpc) is 2.59. The maximum Gasteiger partial charge on any atom is 0.236 e. The molecule has 0 aliphatic carbocycles. The van der Waals surface area contributed by atoms with E-state index in [-0.39, 0.29) is 23.0 Å². The molecule has 27 heavy (non-hydrogen) atoms. The zero-order valence-corrected chi connectivity index (χ0v) is 16.3. The summed E-state index contributed by atoms with van der Waals surface area (Å²) >= 11 is 0. The SMILES string of the molecule is CCCN1C(=O)CCc2cc(NS(=O)(=O)Cc3ccc(C)cc3)cc(F)c21. The molecule has 0 unspecified atom stereocenters. The molecule has 1 aliphatic rings. The summed E-state index contributed by atoms with van der Waals surface area (Å²) in [5, 5.41) is 0. The van der Waals surface area contributed by atoms with Gasteiger partial charge in [-0.05, 0) is 37.0 Å². The van der Waals surface area contributed by atoms with Crippen LogP contribution in [0, 0.1) is 12.7 Å². The third-order valence-corrected chi connectivity index (χ3v) is 5.78. The van der Waals surface area contributed by atoms with Crippen LogP contribution in [0.3, 0.4) is 0 Å². The molecule has 0 spiro atoms. The van der Waals surface area contributed by atoms with Crippen LogP contribution >= 0.6 is 0 Å². The van der Waals surface area contributed by atoms with Gasteiger partial charge in [0.25, 0.3) is 0 Å². The summed E-state index contributed by atoms with van der Waals surface area (Å²) in [6.07, 6.45) is 1.42. The third kappa shape index (κ3) is 4.47. The summed E-state index contributed by atoms with van der Waals surface area (Å²) in [7, 11) is -3.68. The van der Waals surface area contributed by atoms with Gasteiger partial charge in [-0.3, -0.25) is 9.52 Å². The Morgan fingerprint density at radius 3 is 2.52 bits per heavy atom. The van der Waals surface area contributed by atoms with Gasteiger partial charge in [-0.1, -0.05) is 36.8 Å². The minimum Gasteiger partial charge on any atom is -0.309 e. The first-order valence-corrected chi connectivity index (χ1v) is 10.6. The van der Waals surface area contributed by atoms with E-state index in [1.54, 1.807) is 18.2 Å². The van der Waals surface area contributed by atoms with Crippen LogP contribution in [0.1, 0.15) is 36.5 Å². The number of anilines is 2. The summed E-state index contributed by atoms with van der Waals surface area (Å²) in [6.45, 7) is 4.30. The van der Waals surface area contributed by atoms with E-state index in [1.807, 2.05) is 26.0 Å². The Morgan fingerprint density at radius 1 is 1.15 bits per heavy atom. The van der Waals surface area contributed by atoms with Crippen molar-refractivity contribution in [2.24, 2.45) is 0 Å². The number of sulfonamides is 1. The monoisotopic (exact) mass is 390 g/mol. The van der Waals surface area contributed by atoms with Crippen molar-refractivity contribution in [1.29, 1.82) is 0 Å². The molecule has 5 nitrogen and oxygen atoms in total. The molecular weight excluding hydrogens is 367 g/mol. The van der Waals surface area contributed by atoms with Crippen molar-refractivity contribution in [2.45, 2.75) is 38.9 Å². The summed E-state index contributed by atoms with van der Waals surface area (Å²) in [6, 6.07) is 9.99. The first-order valence-electron chi connectivity index (χ1n) is 8.98. The highest BCUT2D eigenvalue weighted by Crippen LogP contribution is 2.34. The van der Waals surface area contributed by atoms with Gasteiger partial charge in [0.2, 0.25) is 15.9 Å². The molecule has 144 valence electrons. The molecular formula is C20H23FN2O3S. The van der Waals surface area contributed by atoms with Gasteiger partial charge in [0.05, 0.1) is 17.1 Å². The van der Waals surface area contributed by atoms with Gasteiger partial charge in [-0.15, -0.1) is 0 Å². The number of halogens is 1. The van der Waals surface area contributed by atoms with E-state index in [4.69, 9.17) is 0 Å². The highest BCUT2D eigenvalue weighted by Gasteiger charge is 2.27. The molecule has 0 bridgehead atoms. The van der Waals surface area contributed by atoms with Crippen molar-refractivity contribution >= 4 is 27.3 Å². The number of carbonyl (C=O) groups is 1. The molecule has 3 rings (SSSR count). The molecule has 2 aromatic rings. The maximum absolute atomic E-state index is 14.7. The highest BCUT2D eigenvalue weighted by atomic mass is 32.2. The fraction of sp³-hybridized carbons (Fsp3) is 0.350. The average molecular weight is 390 g/mol. The lowest BCUT2D eigenvalue weighted by atomic mass is 10.00. The molecule has 1 aliphatic heterocycles. The van der Waals surface area contributed by atoms with E-state index >= 15 is 0 Å². The first-order chi connectivity index (χ1) is 12.8. The van der Waals surface area contributed by atoms with Gasteiger partial charge in [-0.25, -0.2) is 12.8 Å². The normalized spacial score (nSPS) is 14.2. The lowest BCUT2D eigenvalue weighted by Gasteiger charge is -2.30. The molecule has 2 aromatic carbocycles. The predicted molar refractivity (Wildman–Crippen MR) is 105 cm³/mol. The van der Waals surface area contributed by atoms with Gasteiger partial charge in [0, 0.05) is 19.0 Å². The maximum atomic E-state index is 14.7. The van der Waals surface area contributed by atoms with E-state index < -0.39 is 15.8 Å². The first kappa shape index (κ1) is 19.4. The Labute approximate surface area is 159 Å². The molecule has 0 radical (unpaired) electrons. The Bertz CT molecular complexity index is 956. The number of hydrogen-bond donors (Lipinski definition) is 1. The smallest absolute Gasteiger partial charge is 0.236 e. The summed E-state index contributed by atoms with van der Waals surface area (Å²) in [5.41, 5.74) is 2.81. The minimum absolute atomic E-state index is 0.101. The number of nitrogens with one attached hydrogen (secondary N) is 1. The lowest BCUT2D eigenvalue weighted by Crippen LogP contribution is -2.36. The fourth-order valence-corrected chi connectivity index (χ4v) is 4.47. The van der Waals surface area contributed by atoms with Crippen LogP contribution in [-0.2, 0) is 27.0 Å². The largest absolute Gasteiger partial charge is 0.309 e. The Hall–Kier alpha value is -2.41. The zero-order chi connectivity index (χ0) is 19.6. The Kier molecular flexibility index (Phi) is 5.51. The van der Waals surface area contributed by atoms with Crippen molar-refractivity contribution < 1.29 is 17.6 Å². The topological polar surface area (TPSA) is 66.5 Å². The molecule has 1 heterocycles. The predicted octanol–water partition coefficient (Wildman–Crippen LogP) is 3.77. The van der Waals surface area contributed by atoms with E-state index in [0.29, 0.717) is 30.5 Å². The molecule has 1 amide bonds. The summed E-state index contributed by atoms with van der Waals surface area (Å²) in [4.78, 5) is 13.5. The van der Waals surface area contributed by atoms with Crippen LogP contribution in [0.4, 0.5) is 15.8 Å². The van der Waals surface area contributed by atoms with Gasteiger partial charge in [0.15, 0.2) is 0 Å². The number of hydrogen-bond acceptors (Lipinski definition) is 3. The standard InChI is InChI=1S/C20H23FN2O3S/c1-3-10-23-19(24)9-8-16-11-17(12-18(21)20(16)23)22-27(25,26)13-15-6-4-14(2)5-7-15/h4-7,11-12,22H,3,8-10,13H2,1-2H3. The van der Waals surface area contributed by atoms with Crippen LogP contribution in [0.15, 0.2) is 36.4 Å². The van der Waals surface area contributed by atoms with Crippen molar-refractivity contribution in [3.05, 3.63) is 58.9 Å². The van der Waals surface area contributed by atoms with Gasteiger partial charge in [0.1, 0.15) is 5.82 Å². The molecule has 0 fully saturated rings. The Morgan fingerprint density at radius 2 is 1.85 bits per heavy atom. The number of aryl methyl sites for hydroxylation is 2. The second-order valence-electron chi connectivity index (χ2n) is 6.86. The molecule has 0 atom stereocenters. The molecule has 0 saturated heterocycles. The summed E-state index contributed by atoms with van der Waals surface area (Å²) < 4.78 is 42.1. The van der Waals surface area contributed by atoms with Crippen molar-refractivity contribution in [3.63, 3.8) is 0 Å². The molecule has 0 saturated carbocycles. The van der Waals surface area contributed by atoms with Gasteiger partial charge in [-0.2, -0.15) is 0 Å². The van der Waals surface area contributed by atoms with E-state index in [1.165, 1.54) is 4.90 Å². The minimum atomic E-state index is -3.68. The van der Waals surface area contributed by atoms with Crippen LogP contribution in [0.25, 0.3) is 0 Å². The van der Waals surface area contributed by atoms with Crippen LogP contribution in [0.2, 0.25) is 0 Å². The third-order valence-electron chi connectivity index (χ3n) is 4.52. The number of rotatable bonds is 6. The number of nitrogens with zero attached hydrogens (tertiary/aromatic N) is 1. The van der Waals surface area contributed by atoms with Gasteiger partial charge >= 0.3 is 0 Å². The van der Waals surface area contributed by atoms with Crippen LogP contribution in [0.5, 0.6) is 0 Å². The van der Waals surface area contributed by atoms with Gasteiger partial charge < -0.3 is 4.90 Å². The number of amides is 1. The fourth-order valence-electron chi connectivity index (χ4n) is 3.29. The van der Waals surface area contributed by atoms with Crippen LogP contribution < -0.4 is 9.62 Å². The van der Waals surface area contributed by atoms with Crippen LogP contribution in [-0.4, -0.2) is 20.9 Å². The second-order valence-corrected chi connectivity index (χ2v) is 8.58. The summed E-state index contributed by atoms with van der Waals surface area (Å²) in [5.74, 6) is -0.870. The molecule has 1 N–H and O–H groups in total. The van der Waals surface area contributed by atoms with Crippen molar-refractivity contribution in [2.75, 3.05) is 16.2 Å². The zero-order valence-electron chi connectivity index (χ0n) is 15.5. The van der Waals surface area contributed by atoms with Crippen molar-refractivity contribution in [1.82, 2.24) is 0 Å². The molecule has 0 aromatic heterocycles. The quantitative estimate of drug-likeness (QED) is 0.817. The van der Waals surface area contributed by atoms with Crippen molar-refractivity contribution in [3.8, 4) is 0 Å². The Balaban J connectivity index is 1.85. The molecule has 7 heteroatoms.